The first-order valence-corrected chi connectivity index (χ1v) is 8.82. The van der Waals surface area contributed by atoms with Gasteiger partial charge in [-0.25, -0.2) is 9.97 Å². The minimum atomic E-state index is -0.0133. The summed E-state index contributed by atoms with van der Waals surface area (Å²) in [5, 5.41) is 7.92. The molecule has 0 radical (unpaired) electrons. The van der Waals surface area contributed by atoms with E-state index in [2.05, 4.69) is 20.4 Å². The van der Waals surface area contributed by atoms with E-state index < -0.39 is 0 Å². The predicted molar refractivity (Wildman–Crippen MR) is 105 cm³/mol. The summed E-state index contributed by atoms with van der Waals surface area (Å²) >= 11 is 6.12. The number of pyridine rings is 1. The van der Waals surface area contributed by atoms with Gasteiger partial charge in [-0.15, -0.1) is 0 Å². The number of para-hydroxylation sites is 1. The fraction of sp³-hybridized carbons (Fsp3) is 0.263. The Balaban J connectivity index is 2.10. The molecule has 140 valence electrons. The van der Waals surface area contributed by atoms with Crippen LogP contribution in [-0.2, 0) is 7.05 Å². The number of halogens is 1. The highest BCUT2D eigenvalue weighted by Gasteiger charge is 2.19. The second kappa shape index (κ2) is 7.75. The lowest BCUT2D eigenvalue weighted by Gasteiger charge is -2.17. The van der Waals surface area contributed by atoms with Gasteiger partial charge in [0.05, 0.1) is 35.3 Å². The van der Waals surface area contributed by atoms with Crippen LogP contribution in [-0.4, -0.2) is 32.6 Å². The molecule has 0 aliphatic heterocycles. The van der Waals surface area contributed by atoms with Crippen LogP contribution >= 0.6 is 11.6 Å². The van der Waals surface area contributed by atoms with Crippen LogP contribution < -0.4 is 10.1 Å². The smallest absolute Gasteiger partial charge is 0.184 e. The van der Waals surface area contributed by atoms with Gasteiger partial charge in [-0.1, -0.05) is 24.6 Å². The summed E-state index contributed by atoms with van der Waals surface area (Å²) in [4.78, 5) is 20.9. The highest BCUT2D eigenvalue weighted by atomic mass is 35.5. The molecule has 7 nitrogen and oxygen atoms in total. The van der Waals surface area contributed by atoms with Crippen LogP contribution in [0.3, 0.4) is 0 Å². The Labute approximate surface area is 162 Å². The van der Waals surface area contributed by atoms with E-state index in [-0.39, 0.29) is 5.78 Å². The van der Waals surface area contributed by atoms with Gasteiger partial charge in [-0.3, -0.25) is 9.48 Å². The number of aromatic nitrogens is 4. The van der Waals surface area contributed by atoms with Gasteiger partial charge in [0.15, 0.2) is 17.4 Å². The number of nitrogens with one attached hydrogen (secondary N) is 1. The molecule has 0 fully saturated rings. The number of rotatable bonds is 6. The number of benzene rings is 1. The van der Waals surface area contributed by atoms with Gasteiger partial charge in [0, 0.05) is 13.5 Å². The minimum Gasteiger partial charge on any atom is -0.494 e. The Morgan fingerprint density at radius 2 is 2.11 bits per heavy atom. The molecule has 0 aliphatic carbocycles. The average molecular weight is 386 g/mol. The van der Waals surface area contributed by atoms with E-state index >= 15 is 0 Å². The van der Waals surface area contributed by atoms with Gasteiger partial charge in [-0.2, -0.15) is 5.10 Å². The molecule has 0 saturated heterocycles. The topological polar surface area (TPSA) is 81.9 Å². The SMILES string of the molecule is CCC(=O)c1c(Nc2cccc(-c3ncn(C)n3)c2OC)cc(Cl)nc1C. The number of carbonyl (C=O) groups excluding carboxylic acids is 1. The van der Waals surface area contributed by atoms with Crippen molar-refractivity contribution in [3.05, 3.63) is 47.0 Å². The molecule has 3 rings (SSSR count). The molecule has 2 heterocycles. The molecule has 27 heavy (non-hydrogen) atoms. The standard InChI is InChI=1S/C19H20ClN5O2/c1-5-15(26)17-11(2)22-16(20)9-14(17)23-13-8-6-7-12(18(13)27-4)19-21-10-25(3)24-19/h6-10H,5H2,1-4H3,(H,22,23). The Bertz CT molecular complexity index is 1000. The number of Topliss-reactive ketones (excluding diaryl/α,β-unsaturated/α-hetero) is 1. The largest absolute Gasteiger partial charge is 0.494 e. The third-order valence-electron chi connectivity index (χ3n) is 4.10. The zero-order chi connectivity index (χ0) is 19.6. The number of hydrogen-bond acceptors (Lipinski definition) is 6. The van der Waals surface area contributed by atoms with Crippen LogP contribution in [0.5, 0.6) is 5.75 Å². The number of methoxy groups -OCH3 is 1. The summed E-state index contributed by atoms with van der Waals surface area (Å²) in [6, 6.07) is 7.24. The Kier molecular flexibility index (Phi) is 5.41. The van der Waals surface area contributed by atoms with Gasteiger partial charge in [-0.05, 0) is 25.1 Å². The van der Waals surface area contributed by atoms with Crippen LogP contribution in [0.15, 0.2) is 30.6 Å². The molecule has 0 bridgehead atoms. The second-order valence-electron chi connectivity index (χ2n) is 5.98. The summed E-state index contributed by atoms with van der Waals surface area (Å²) in [5.74, 6) is 1.11. The summed E-state index contributed by atoms with van der Waals surface area (Å²) in [6.45, 7) is 3.58. The zero-order valence-corrected chi connectivity index (χ0v) is 16.3. The molecule has 0 amide bonds. The summed E-state index contributed by atoms with van der Waals surface area (Å²) < 4.78 is 7.24. The maximum absolute atomic E-state index is 12.4. The number of nitrogens with zero attached hydrogens (tertiary/aromatic N) is 4. The molecule has 0 aliphatic rings. The lowest BCUT2D eigenvalue weighted by Crippen LogP contribution is -2.08. The molecule has 1 N–H and O–H groups in total. The quantitative estimate of drug-likeness (QED) is 0.506. The van der Waals surface area contributed by atoms with Crippen molar-refractivity contribution in [3.63, 3.8) is 0 Å². The number of carbonyl (C=O) groups is 1. The van der Waals surface area contributed by atoms with Crippen LogP contribution in [0.4, 0.5) is 11.4 Å². The van der Waals surface area contributed by atoms with Gasteiger partial charge in [0.2, 0.25) is 0 Å². The van der Waals surface area contributed by atoms with Crippen molar-refractivity contribution < 1.29 is 9.53 Å². The maximum Gasteiger partial charge on any atom is 0.184 e. The summed E-state index contributed by atoms with van der Waals surface area (Å²) in [5.41, 5.74) is 3.10. The first kappa shape index (κ1) is 18.8. The van der Waals surface area contributed by atoms with Gasteiger partial charge in [0.25, 0.3) is 0 Å². The lowest BCUT2D eigenvalue weighted by atomic mass is 10.0. The number of hydrogen-bond donors (Lipinski definition) is 1. The molecule has 0 saturated carbocycles. The van der Waals surface area contributed by atoms with Crippen molar-refractivity contribution in [2.45, 2.75) is 20.3 Å². The maximum atomic E-state index is 12.4. The fourth-order valence-corrected chi connectivity index (χ4v) is 3.14. The molecular formula is C19H20ClN5O2. The van der Waals surface area contributed by atoms with Crippen LogP contribution in [0.25, 0.3) is 11.4 Å². The molecule has 0 spiro atoms. The molecule has 3 aromatic rings. The number of ketones is 1. The number of ether oxygens (including phenoxy) is 1. The zero-order valence-electron chi connectivity index (χ0n) is 15.6. The van der Waals surface area contributed by atoms with Crippen molar-refractivity contribution >= 4 is 28.8 Å². The van der Waals surface area contributed by atoms with E-state index in [1.165, 1.54) is 0 Å². The van der Waals surface area contributed by atoms with E-state index in [1.807, 2.05) is 25.1 Å². The third-order valence-corrected chi connectivity index (χ3v) is 4.29. The first-order chi connectivity index (χ1) is 12.9. The molecule has 0 unspecified atom stereocenters. The van der Waals surface area contributed by atoms with Crippen LogP contribution in [0, 0.1) is 6.92 Å². The second-order valence-corrected chi connectivity index (χ2v) is 6.37. The van der Waals surface area contributed by atoms with Crippen molar-refractivity contribution in [2.24, 2.45) is 7.05 Å². The fourth-order valence-electron chi connectivity index (χ4n) is 2.90. The van der Waals surface area contributed by atoms with E-state index in [0.29, 0.717) is 45.8 Å². The van der Waals surface area contributed by atoms with Gasteiger partial charge >= 0.3 is 0 Å². The monoisotopic (exact) mass is 385 g/mol. The molecule has 2 aromatic heterocycles. The summed E-state index contributed by atoms with van der Waals surface area (Å²) in [7, 11) is 3.38. The van der Waals surface area contributed by atoms with Crippen molar-refractivity contribution in [3.8, 4) is 17.1 Å². The van der Waals surface area contributed by atoms with E-state index in [0.717, 1.165) is 5.56 Å². The summed E-state index contributed by atoms with van der Waals surface area (Å²) in [6.07, 6.45) is 1.99. The molecule has 0 atom stereocenters. The van der Waals surface area contributed by atoms with Crippen molar-refractivity contribution in [1.29, 1.82) is 0 Å². The number of aryl methyl sites for hydroxylation is 2. The Hall–Kier alpha value is -2.93. The third kappa shape index (κ3) is 3.78. The van der Waals surface area contributed by atoms with E-state index in [9.17, 15) is 4.79 Å². The van der Waals surface area contributed by atoms with Crippen LogP contribution in [0.2, 0.25) is 5.15 Å². The van der Waals surface area contributed by atoms with Gasteiger partial charge < -0.3 is 10.1 Å². The van der Waals surface area contributed by atoms with E-state index in [4.69, 9.17) is 16.3 Å². The average Bonchev–Trinajstić information content (AvgIpc) is 3.06. The molecule has 1 aromatic carbocycles. The highest BCUT2D eigenvalue weighted by Crippen LogP contribution is 2.37. The highest BCUT2D eigenvalue weighted by molar-refractivity contribution is 6.30. The number of anilines is 2. The normalized spacial score (nSPS) is 10.7. The molecule has 8 heteroatoms. The van der Waals surface area contributed by atoms with Gasteiger partial charge in [0.1, 0.15) is 11.5 Å². The first-order valence-electron chi connectivity index (χ1n) is 8.45. The van der Waals surface area contributed by atoms with E-state index in [1.54, 1.807) is 38.2 Å². The van der Waals surface area contributed by atoms with Crippen molar-refractivity contribution in [1.82, 2.24) is 19.7 Å². The Morgan fingerprint density at radius 1 is 1.33 bits per heavy atom. The Morgan fingerprint density at radius 3 is 2.74 bits per heavy atom. The minimum absolute atomic E-state index is 0.0133. The van der Waals surface area contributed by atoms with Crippen molar-refractivity contribution in [2.75, 3.05) is 12.4 Å². The van der Waals surface area contributed by atoms with Crippen LogP contribution in [0.1, 0.15) is 29.4 Å². The predicted octanol–water partition coefficient (Wildman–Crippen LogP) is 4.18. The lowest BCUT2D eigenvalue weighted by molar-refractivity contribution is 0.0988. The molecular weight excluding hydrogens is 366 g/mol.